The molecule has 2 aromatic rings. The van der Waals surface area contributed by atoms with Crippen molar-refractivity contribution in [3.63, 3.8) is 0 Å². The minimum Gasteiger partial charge on any atom is -0.494 e. The molecule has 0 aliphatic carbocycles. The summed E-state index contributed by atoms with van der Waals surface area (Å²) in [7, 11) is 0. The average Bonchev–Trinajstić information content (AvgIpc) is 3.05. The zero-order valence-corrected chi connectivity index (χ0v) is 13.5. The quantitative estimate of drug-likeness (QED) is 0.525. The van der Waals surface area contributed by atoms with E-state index in [4.69, 9.17) is 10.00 Å². The van der Waals surface area contributed by atoms with Gasteiger partial charge in [0.1, 0.15) is 12.3 Å². The molecule has 2 rings (SSSR count). The van der Waals surface area contributed by atoms with E-state index in [2.05, 4.69) is 10.1 Å². The maximum absolute atomic E-state index is 12.5. The topological polar surface area (TPSA) is 127 Å². The molecule has 1 aromatic heterocycles. The molecule has 0 aliphatic rings. The Hall–Kier alpha value is -3.48. The average molecular weight is 344 g/mol. The van der Waals surface area contributed by atoms with Crippen LogP contribution in [0.1, 0.15) is 13.3 Å². The molecule has 130 valence electrons. The first kappa shape index (κ1) is 17.9. The Morgan fingerprint density at radius 1 is 1.44 bits per heavy atom. The number of nitriles is 1. The van der Waals surface area contributed by atoms with E-state index in [0.717, 1.165) is 11.0 Å². The van der Waals surface area contributed by atoms with Crippen molar-refractivity contribution in [3.05, 3.63) is 40.7 Å². The number of ether oxygens (including phenoxy) is 1. The molecule has 1 heterocycles. The predicted molar refractivity (Wildman–Crippen MR) is 86.9 cm³/mol. The summed E-state index contributed by atoms with van der Waals surface area (Å²) in [6.07, 6.45) is 1.27. The van der Waals surface area contributed by atoms with E-state index in [0.29, 0.717) is 18.0 Å². The Bertz CT molecular complexity index is 780. The Kier molecular flexibility index (Phi) is 6.00. The summed E-state index contributed by atoms with van der Waals surface area (Å²) >= 11 is 0. The molecule has 1 amide bonds. The molecule has 0 unspecified atom stereocenters. The normalized spacial score (nSPS) is 10.1. The van der Waals surface area contributed by atoms with Crippen molar-refractivity contribution in [2.45, 2.75) is 19.9 Å². The molecule has 0 fully saturated rings. The van der Waals surface area contributed by atoms with Gasteiger partial charge in [-0.1, -0.05) is 4.98 Å². The van der Waals surface area contributed by atoms with Crippen LogP contribution in [0, 0.1) is 21.4 Å². The van der Waals surface area contributed by atoms with Crippen LogP contribution in [-0.4, -0.2) is 38.7 Å². The number of nitro groups is 1. The van der Waals surface area contributed by atoms with Crippen LogP contribution in [0.5, 0.6) is 5.75 Å². The van der Waals surface area contributed by atoms with E-state index < -0.39 is 10.9 Å². The van der Waals surface area contributed by atoms with Crippen LogP contribution in [0.2, 0.25) is 0 Å². The molecule has 0 saturated carbocycles. The second-order valence-electron chi connectivity index (χ2n) is 4.88. The summed E-state index contributed by atoms with van der Waals surface area (Å²) in [6.45, 7) is 2.37. The minimum atomic E-state index is -0.735. The molecular weight excluding hydrogens is 328 g/mol. The maximum atomic E-state index is 12.5. The lowest BCUT2D eigenvalue weighted by atomic mass is 10.2. The number of carbonyl (C=O) groups excluding carboxylic acids is 1. The Balaban J connectivity index is 2.15. The third-order valence-corrected chi connectivity index (χ3v) is 3.19. The van der Waals surface area contributed by atoms with Crippen LogP contribution >= 0.6 is 0 Å². The van der Waals surface area contributed by atoms with Gasteiger partial charge in [-0.15, -0.1) is 0 Å². The van der Waals surface area contributed by atoms with Crippen LogP contribution in [0.3, 0.4) is 0 Å². The van der Waals surface area contributed by atoms with Crippen LogP contribution in [0.25, 0.3) is 0 Å². The minimum absolute atomic E-state index is 0.149. The highest BCUT2D eigenvalue weighted by atomic mass is 16.6. The first-order valence-electron chi connectivity index (χ1n) is 7.49. The molecule has 1 aromatic carbocycles. The second kappa shape index (κ2) is 8.39. The number of aromatic nitrogens is 3. The van der Waals surface area contributed by atoms with Gasteiger partial charge >= 0.3 is 5.95 Å². The summed E-state index contributed by atoms with van der Waals surface area (Å²) in [5.74, 6) is -0.262. The van der Waals surface area contributed by atoms with E-state index >= 15 is 0 Å². The maximum Gasteiger partial charge on any atom is 0.490 e. The molecule has 10 nitrogen and oxygen atoms in total. The fraction of sp³-hybridized carbons (Fsp3) is 0.333. The lowest BCUT2D eigenvalue weighted by molar-refractivity contribution is -0.394. The van der Waals surface area contributed by atoms with E-state index in [1.807, 2.05) is 13.0 Å². The lowest BCUT2D eigenvalue weighted by Crippen LogP contribution is -2.34. The largest absolute Gasteiger partial charge is 0.494 e. The predicted octanol–water partition coefficient (Wildman–Crippen LogP) is 1.53. The molecule has 0 N–H and O–H groups in total. The van der Waals surface area contributed by atoms with E-state index in [1.165, 1.54) is 4.90 Å². The number of nitrogens with zero attached hydrogens (tertiary/aromatic N) is 6. The smallest absolute Gasteiger partial charge is 0.490 e. The zero-order valence-electron chi connectivity index (χ0n) is 13.5. The van der Waals surface area contributed by atoms with Crippen molar-refractivity contribution in [2.24, 2.45) is 0 Å². The van der Waals surface area contributed by atoms with E-state index in [9.17, 15) is 14.9 Å². The highest BCUT2D eigenvalue weighted by Gasteiger charge is 2.20. The van der Waals surface area contributed by atoms with Gasteiger partial charge in [-0.05, 0) is 36.1 Å². The van der Waals surface area contributed by atoms with E-state index in [-0.39, 0.29) is 25.4 Å². The highest BCUT2D eigenvalue weighted by Crippen LogP contribution is 2.20. The van der Waals surface area contributed by atoms with Gasteiger partial charge in [-0.3, -0.25) is 4.79 Å². The molecular formula is C15H16N6O4. The fourth-order valence-corrected chi connectivity index (χ4v) is 2.12. The molecule has 0 radical (unpaired) electrons. The van der Waals surface area contributed by atoms with Gasteiger partial charge in [0.15, 0.2) is 0 Å². The Morgan fingerprint density at radius 2 is 2.16 bits per heavy atom. The van der Waals surface area contributed by atoms with Crippen LogP contribution < -0.4 is 9.64 Å². The monoisotopic (exact) mass is 344 g/mol. The van der Waals surface area contributed by atoms with Crippen molar-refractivity contribution in [2.75, 3.05) is 18.1 Å². The van der Waals surface area contributed by atoms with Gasteiger partial charge < -0.3 is 19.8 Å². The molecule has 0 aliphatic heterocycles. The van der Waals surface area contributed by atoms with Gasteiger partial charge in [0.2, 0.25) is 12.2 Å². The number of amides is 1. The third-order valence-electron chi connectivity index (χ3n) is 3.19. The number of anilines is 1. The number of hydrogen-bond acceptors (Lipinski definition) is 7. The Labute approximate surface area is 143 Å². The van der Waals surface area contributed by atoms with Gasteiger partial charge in [0.05, 0.1) is 19.1 Å². The number of benzene rings is 1. The van der Waals surface area contributed by atoms with Crippen molar-refractivity contribution < 1.29 is 14.5 Å². The highest BCUT2D eigenvalue weighted by molar-refractivity contribution is 5.93. The first-order valence-corrected chi connectivity index (χ1v) is 7.49. The summed E-state index contributed by atoms with van der Waals surface area (Å²) in [5, 5.41) is 23.0. The number of carbonyl (C=O) groups is 1. The molecule has 0 saturated heterocycles. The van der Waals surface area contributed by atoms with E-state index in [1.54, 1.807) is 24.3 Å². The first-order chi connectivity index (χ1) is 12.0. The van der Waals surface area contributed by atoms with Crippen LogP contribution in [0.4, 0.5) is 11.6 Å². The SMILES string of the molecule is CCOc1ccc(N(CCC#N)C(=O)Cn2cnc([N+](=O)[O-])n2)cc1. The lowest BCUT2D eigenvalue weighted by Gasteiger charge is -2.21. The van der Waals surface area contributed by atoms with Crippen molar-refractivity contribution in [1.82, 2.24) is 14.8 Å². The summed E-state index contributed by atoms with van der Waals surface area (Å²) in [5.41, 5.74) is 0.596. The molecule has 0 bridgehead atoms. The van der Waals surface area contributed by atoms with Gasteiger partial charge in [0, 0.05) is 17.3 Å². The third kappa shape index (κ3) is 4.74. The van der Waals surface area contributed by atoms with Crippen LogP contribution in [0.15, 0.2) is 30.6 Å². The van der Waals surface area contributed by atoms with Crippen LogP contribution in [-0.2, 0) is 11.3 Å². The molecule has 25 heavy (non-hydrogen) atoms. The fourth-order valence-electron chi connectivity index (χ4n) is 2.12. The van der Waals surface area contributed by atoms with Gasteiger partial charge in [-0.2, -0.15) is 9.94 Å². The summed E-state index contributed by atoms with van der Waals surface area (Å²) in [6, 6.07) is 8.88. The number of hydrogen-bond donors (Lipinski definition) is 0. The standard InChI is InChI=1S/C15H16N6O4/c1-2-25-13-6-4-12(5-7-13)20(9-3-8-16)14(22)10-19-11-17-15(18-19)21(23)24/h4-7,11H,2-3,9-10H2,1H3. The summed E-state index contributed by atoms with van der Waals surface area (Å²) in [4.78, 5) is 27.3. The second-order valence-corrected chi connectivity index (χ2v) is 4.88. The van der Waals surface area contributed by atoms with Gasteiger partial charge in [-0.25, -0.2) is 0 Å². The molecule has 0 atom stereocenters. The van der Waals surface area contributed by atoms with Crippen molar-refractivity contribution in [3.8, 4) is 11.8 Å². The van der Waals surface area contributed by atoms with Gasteiger partial charge in [0.25, 0.3) is 0 Å². The van der Waals surface area contributed by atoms with Crippen molar-refractivity contribution in [1.29, 1.82) is 5.26 Å². The van der Waals surface area contributed by atoms with Crippen molar-refractivity contribution >= 4 is 17.5 Å². The summed E-state index contributed by atoms with van der Waals surface area (Å²) < 4.78 is 6.45. The molecule has 10 heteroatoms. The Morgan fingerprint density at radius 3 is 2.72 bits per heavy atom. The number of rotatable bonds is 8. The molecule has 0 spiro atoms. The zero-order chi connectivity index (χ0) is 18.2.